The van der Waals surface area contributed by atoms with E-state index in [1.807, 2.05) is 0 Å². The van der Waals surface area contributed by atoms with E-state index in [0.717, 1.165) is 44.9 Å². The Bertz CT molecular complexity index is 677. The van der Waals surface area contributed by atoms with Gasteiger partial charge < -0.3 is 4.90 Å². The molecule has 0 saturated carbocycles. The second-order valence-electron chi connectivity index (χ2n) is 7.55. The molecule has 1 aliphatic carbocycles. The molecule has 3 rings (SSSR count). The fourth-order valence-electron chi connectivity index (χ4n) is 4.05. The summed E-state index contributed by atoms with van der Waals surface area (Å²) in [5.41, 5.74) is 4.32. The molecule has 1 aromatic carbocycles. The predicted octanol–water partition coefficient (Wildman–Crippen LogP) is 5.29. The number of hydrogen-bond donors (Lipinski definition) is 0. The van der Waals surface area contributed by atoms with Crippen LogP contribution in [0.4, 0.5) is 0 Å². The molecule has 0 N–H and O–H groups in total. The summed E-state index contributed by atoms with van der Waals surface area (Å²) in [5.74, 6) is 0.996. The van der Waals surface area contributed by atoms with E-state index in [0.29, 0.717) is 17.7 Å². The van der Waals surface area contributed by atoms with Crippen LogP contribution < -0.4 is 0 Å². The summed E-state index contributed by atoms with van der Waals surface area (Å²) < 4.78 is 0. The monoisotopic (exact) mass is 355 g/mol. The number of hydrogen-bond acceptors (Lipinski definition) is 3. The molecule has 1 heterocycles. The van der Waals surface area contributed by atoms with Crippen LogP contribution in [0, 0.1) is 5.92 Å². The van der Waals surface area contributed by atoms with Crippen LogP contribution in [0.15, 0.2) is 41.1 Å². The summed E-state index contributed by atoms with van der Waals surface area (Å²) in [6.07, 6.45) is 6.92. The lowest BCUT2D eigenvalue weighted by molar-refractivity contribution is -0.120. The minimum atomic E-state index is 0.431. The second kappa shape index (κ2) is 8.77. The van der Waals surface area contributed by atoms with Crippen molar-refractivity contribution in [1.29, 1.82) is 0 Å². The molecule has 1 aromatic heterocycles. The van der Waals surface area contributed by atoms with Gasteiger partial charge in [0.25, 0.3) is 0 Å². The Morgan fingerprint density at radius 1 is 1.24 bits per heavy atom. The largest absolute Gasteiger partial charge is 0.302 e. The van der Waals surface area contributed by atoms with Crippen LogP contribution in [-0.4, -0.2) is 24.8 Å². The highest BCUT2D eigenvalue weighted by atomic mass is 32.1. The lowest BCUT2D eigenvalue weighted by atomic mass is 9.81. The van der Waals surface area contributed by atoms with Crippen LogP contribution in [0.1, 0.15) is 54.8 Å². The quantitative estimate of drug-likeness (QED) is 0.641. The average Bonchev–Trinajstić information content (AvgIpc) is 3.12. The van der Waals surface area contributed by atoms with Crippen LogP contribution in [0.25, 0.3) is 0 Å². The van der Waals surface area contributed by atoms with E-state index >= 15 is 0 Å². The van der Waals surface area contributed by atoms with Gasteiger partial charge in [-0.1, -0.05) is 24.3 Å². The maximum absolute atomic E-state index is 12.4. The first-order valence-corrected chi connectivity index (χ1v) is 10.3. The van der Waals surface area contributed by atoms with Crippen LogP contribution in [0.3, 0.4) is 0 Å². The van der Waals surface area contributed by atoms with Crippen molar-refractivity contribution >= 4 is 17.1 Å². The lowest BCUT2D eigenvalue weighted by Gasteiger charge is -2.25. The minimum absolute atomic E-state index is 0.431. The molecule has 0 saturated heterocycles. The van der Waals surface area contributed by atoms with Crippen LogP contribution in [-0.2, 0) is 17.6 Å². The number of fused-ring (bicyclic) bond motifs is 1. The van der Waals surface area contributed by atoms with Crippen LogP contribution >= 0.6 is 11.3 Å². The molecular weight excluding hydrogens is 326 g/mol. The van der Waals surface area contributed by atoms with E-state index in [9.17, 15) is 4.79 Å². The van der Waals surface area contributed by atoms with E-state index in [1.165, 1.54) is 16.7 Å². The summed E-state index contributed by atoms with van der Waals surface area (Å²) in [6.45, 7) is 0. The Morgan fingerprint density at radius 2 is 2.04 bits per heavy atom. The topological polar surface area (TPSA) is 20.3 Å². The Hall–Kier alpha value is -1.45. The average molecular weight is 356 g/mol. The highest BCUT2D eigenvalue weighted by Crippen LogP contribution is 2.29. The molecule has 0 unspecified atom stereocenters. The van der Waals surface area contributed by atoms with E-state index in [4.69, 9.17) is 0 Å². The molecule has 0 radical (unpaired) electrons. The van der Waals surface area contributed by atoms with E-state index < -0.39 is 0 Å². The molecule has 0 amide bonds. The SMILES string of the molecule is CN(C)[C@@H](CCCC(=O)C[C@@H]1CCc2ccccc2C1)c1ccsc1. The Balaban J connectivity index is 1.44. The molecule has 0 spiro atoms. The highest BCUT2D eigenvalue weighted by molar-refractivity contribution is 7.07. The maximum atomic E-state index is 12.4. The fourth-order valence-corrected chi connectivity index (χ4v) is 4.76. The third kappa shape index (κ3) is 5.02. The first-order valence-electron chi connectivity index (χ1n) is 9.40. The van der Waals surface area contributed by atoms with E-state index in [1.54, 1.807) is 11.3 Å². The number of aryl methyl sites for hydroxylation is 1. The molecule has 0 fully saturated rings. The molecule has 2 atom stereocenters. The molecule has 25 heavy (non-hydrogen) atoms. The van der Waals surface area contributed by atoms with Gasteiger partial charge in [-0.2, -0.15) is 11.3 Å². The van der Waals surface area contributed by atoms with Gasteiger partial charge in [-0.15, -0.1) is 0 Å². The number of Topliss-reactive ketones (excluding diaryl/α,β-unsaturated/α-hetero) is 1. The van der Waals surface area contributed by atoms with Gasteiger partial charge in [-0.3, -0.25) is 4.79 Å². The van der Waals surface area contributed by atoms with Gasteiger partial charge >= 0.3 is 0 Å². The zero-order valence-electron chi connectivity index (χ0n) is 15.4. The van der Waals surface area contributed by atoms with Gasteiger partial charge in [0.1, 0.15) is 5.78 Å². The van der Waals surface area contributed by atoms with Crippen molar-refractivity contribution in [1.82, 2.24) is 4.90 Å². The molecule has 3 heteroatoms. The van der Waals surface area contributed by atoms with Crippen molar-refractivity contribution in [2.24, 2.45) is 5.92 Å². The van der Waals surface area contributed by atoms with Crippen molar-refractivity contribution < 1.29 is 4.79 Å². The normalized spacial score (nSPS) is 18.1. The van der Waals surface area contributed by atoms with Gasteiger partial charge in [0.05, 0.1) is 0 Å². The number of benzene rings is 1. The zero-order valence-corrected chi connectivity index (χ0v) is 16.2. The van der Waals surface area contributed by atoms with Gasteiger partial charge in [-0.05, 0) is 85.6 Å². The molecule has 0 bridgehead atoms. The second-order valence-corrected chi connectivity index (χ2v) is 8.33. The van der Waals surface area contributed by atoms with Crippen LogP contribution in [0.2, 0.25) is 0 Å². The van der Waals surface area contributed by atoms with Gasteiger partial charge in [0.15, 0.2) is 0 Å². The number of carbonyl (C=O) groups excluding carboxylic acids is 1. The smallest absolute Gasteiger partial charge is 0.133 e. The predicted molar refractivity (Wildman–Crippen MR) is 106 cm³/mol. The highest BCUT2D eigenvalue weighted by Gasteiger charge is 2.21. The third-order valence-corrected chi connectivity index (χ3v) is 6.15. The molecule has 2 nitrogen and oxygen atoms in total. The maximum Gasteiger partial charge on any atom is 0.133 e. The van der Waals surface area contributed by atoms with Gasteiger partial charge in [0.2, 0.25) is 0 Å². The van der Waals surface area contributed by atoms with E-state index in [-0.39, 0.29) is 0 Å². The Morgan fingerprint density at radius 3 is 2.76 bits per heavy atom. The molecule has 1 aliphatic rings. The van der Waals surface area contributed by atoms with Crippen molar-refractivity contribution in [3.05, 3.63) is 57.8 Å². The van der Waals surface area contributed by atoms with E-state index in [2.05, 4.69) is 60.1 Å². The zero-order chi connectivity index (χ0) is 17.6. The Kier molecular flexibility index (Phi) is 6.44. The summed E-state index contributed by atoms with van der Waals surface area (Å²) in [4.78, 5) is 14.7. The fraction of sp³-hybridized carbons (Fsp3) is 0.500. The van der Waals surface area contributed by atoms with Crippen molar-refractivity contribution in [3.63, 3.8) is 0 Å². The third-order valence-electron chi connectivity index (χ3n) is 5.45. The van der Waals surface area contributed by atoms with Crippen molar-refractivity contribution in [2.45, 2.75) is 51.0 Å². The standard InChI is InChI=1S/C22H29NOS/c1-23(2)22(20-12-13-25-16-20)9-5-8-21(24)15-17-10-11-18-6-3-4-7-19(18)14-17/h3-4,6-7,12-13,16-17,22H,5,8-11,14-15H2,1-2H3/t17-,22+/m1/s1. The summed E-state index contributed by atoms with van der Waals surface area (Å²) in [7, 11) is 4.26. The number of carbonyl (C=O) groups is 1. The first-order chi connectivity index (χ1) is 12.1. The molecule has 0 aliphatic heterocycles. The number of nitrogens with zero attached hydrogens (tertiary/aromatic N) is 1. The van der Waals surface area contributed by atoms with Crippen LogP contribution in [0.5, 0.6) is 0 Å². The van der Waals surface area contributed by atoms with Crippen molar-refractivity contribution in [2.75, 3.05) is 14.1 Å². The van der Waals surface area contributed by atoms with Gasteiger partial charge in [0, 0.05) is 18.9 Å². The van der Waals surface area contributed by atoms with Crippen molar-refractivity contribution in [3.8, 4) is 0 Å². The first kappa shape index (κ1) is 18.3. The summed E-state index contributed by atoms with van der Waals surface area (Å²) >= 11 is 1.75. The lowest BCUT2D eigenvalue weighted by Crippen LogP contribution is -2.20. The van der Waals surface area contributed by atoms with Gasteiger partial charge in [-0.25, -0.2) is 0 Å². The molecule has 2 aromatic rings. The summed E-state index contributed by atoms with van der Waals surface area (Å²) in [6, 6.07) is 11.3. The number of ketones is 1. The minimum Gasteiger partial charge on any atom is -0.302 e. The molecule has 134 valence electrons. The molecular formula is C22H29NOS. The summed E-state index contributed by atoms with van der Waals surface area (Å²) in [5, 5.41) is 4.36. The Labute approximate surface area is 155 Å². The number of thiophene rings is 1. The number of rotatable bonds is 8.